The molecular formula is C22H23N5O4S. The first-order valence-electron chi connectivity index (χ1n) is 9.82. The van der Waals surface area contributed by atoms with Crippen LogP contribution in [0.1, 0.15) is 39.9 Å². The number of amides is 2. The number of primary amides is 1. The second-order valence-corrected chi connectivity index (χ2v) is 7.62. The number of thioether (sulfide) groups is 1. The quantitative estimate of drug-likeness (QED) is 0.396. The summed E-state index contributed by atoms with van der Waals surface area (Å²) in [4.78, 5) is 36.3. The van der Waals surface area contributed by atoms with Crippen LogP contribution in [0.4, 0.5) is 5.69 Å². The van der Waals surface area contributed by atoms with Crippen molar-refractivity contribution in [3.05, 3.63) is 65.5 Å². The summed E-state index contributed by atoms with van der Waals surface area (Å²) >= 11 is 1.47. The van der Waals surface area contributed by atoms with Gasteiger partial charge in [-0.2, -0.15) is 0 Å². The summed E-state index contributed by atoms with van der Waals surface area (Å²) in [7, 11) is 0. The van der Waals surface area contributed by atoms with Gasteiger partial charge in [0.05, 0.1) is 5.56 Å². The molecule has 1 unspecified atom stereocenters. The molecule has 166 valence electrons. The standard InChI is InChI=1S/C22H23N5O4S/c1-4-18(20(29)24-16-9-5-14(6-10-16)19(23)28)31-21(30)15-7-11-17(12-8-15)27-13(2)25-26-22(27)32-3/h5-12,18H,4H2,1-3H3,(H2,23,28)(H,24,29). The number of hydrogen-bond donors (Lipinski definition) is 2. The average Bonchev–Trinajstić information content (AvgIpc) is 3.18. The van der Waals surface area contributed by atoms with E-state index in [2.05, 4.69) is 15.5 Å². The fourth-order valence-electron chi connectivity index (χ4n) is 2.98. The number of carbonyl (C=O) groups is 3. The molecular weight excluding hydrogens is 430 g/mol. The molecule has 1 heterocycles. The second-order valence-electron chi connectivity index (χ2n) is 6.85. The molecule has 3 rings (SSSR count). The van der Waals surface area contributed by atoms with Gasteiger partial charge in [-0.15, -0.1) is 10.2 Å². The molecule has 0 aliphatic carbocycles. The maximum absolute atomic E-state index is 12.6. The molecule has 3 N–H and O–H groups in total. The van der Waals surface area contributed by atoms with Gasteiger partial charge in [0.2, 0.25) is 5.91 Å². The minimum absolute atomic E-state index is 0.298. The van der Waals surface area contributed by atoms with Crippen molar-refractivity contribution in [2.75, 3.05) is 11.6 Å². The Hall–Kier alpha value is -3.66. The molecule has 0 aliphatic heterocycles. The molecule has 0 bridgehead atoms. The van der Waals surface area contributed by atoms with Gasteiger partial charge in [0.25, 0.3) is 5.91 Å². The van der Waals surface area contributed by atoms with E-state index in [-0.39, 0.29) is 0 Å². The first kappa shape index (κ1) is 23.0. The van der Waals surface area contributed by atoms with Crippen molar-refractivity contribution in [2.24, 2.45) is 5.73 Å². The third-order valence-electron chi connectivity index (χ3n) is 4.69. The molecule has 0 aliphatic rings. The lowest BCUT2D eigenvalue weighted by Crippen LogP contribution is -2.32. The first-order valence-corrected chi connectivity index (χ1v) is 11.0. The van der Waals surface area contributed by atoms with E-state index in [9.17, 15) is 14.4 Å². The highest BCUT2D eigenvalue weighted by Crippen LogP contribution is 2.20. The van der Waals surface area contributed by atoms with E-state index in [0.29, 0.717) is 23.2 Å². The van der Waals surface area contributed by atoms with Crippen molar-refractivity contribution in [2.45, 2.75) is 31.5 Å². The Morgan fingerprint density at radius 2 is 1.69 bits per heavy atom. The van der Waals surface area contributed by atoms with Crippen LogP contribution in [0.3, 0.4) is 0 Å². The fraction of sp³-hybridized carbons (Fsp3) is 0.227. The Kier molecular flexibility index (Phi) is 7.26. The Labute approximate surface area is 189 Å². The summed E-state index contributed by atoms with van der Waals surface area (Å²) in [5.41, 5.74) is 7.15. The molecule has 10 heteroatoms. The van der Waals surface area contributed by atoms with Gasteiger partial charge >= 0.3 is 5.97 Å². The lowest BCUT2D eigenvalue weighted by molar-refractivity contribution is -0.124. The highest BCUT2D eigenvalue weighted by atomic mass is 32.2. The SMILES string of the molecule is CCC(OC(=O)c1ccc(-n2c(C)nnc2SC)cc1)C(=O)Nc1ccc(C(N)=O)cc1. The number of benzene rings is 2. The van der Waals surface area contributed by atoms with Crippen LogP contribution in [-0.2, 0) is 9.53 Å². The predicted octanol–water partition coefficient (Wildman–Crippen LogP) is 2.97. The third-order valence-corrected chi connectivity index (χ3v) is 5.32. The number of aromatic nitrogens is 3. The van der Waals surface area contributed by atoms with Crippen molar-refractivity contribution < 1.29 is 19.1 Å². The number of esters is 1. The van der Waals surface area contributed by atoms with E-state index in [1.54, 1.807) is 43.3 Å². The summed E-state index contributed by atoms with van der Waals surface area (Å²) in [5.74, 6) is -0.892. The van der Waals surface area contributed by atoms with Crippen LogP contribution in [0, 0.1) is 6.92 Å². The van der Waals surface area contributed by atoms with Gasteiger partial charge in [0.1, 0.15) is 5.82 Å². The lowest BCUT2D eigenvalue weighted by atomic mass is 10.2. The Morgan fingerprint density at radius 3 is 2.25 bits per heavy atom. The Morgan fingerprint density at radius 1 is 1.06 bits per heavy atom. The maximum Gasteiger partial charge on any atom is 0.338 e. The molecule has 3 aromatic rings. The molecule has 0 saturated carbocycles. The van der Waals surface area contributed by atoms with Crippen molar-refractivity contribution in [3.63, 3.8) is 0 Å². The van der Waals surface area contributed by atoms with Crippen LogP contribution >= 0.6 is 11.8 Å². The number of carbonyl (C=O) groups excluding carboxylic acids is 3. The molecule has 2 amide bonds. The summed E-state index contributed by atoms with van der Waals surface area (Å²) in [6.07, 6.45) is 1.24. The highest BCUT2D eigenvalue weighted by molar-refractivity contribution is 7.98. The molecule has 1 atom stereocenters. The smallest absolute Gasteiger partial charge is 0.338 e. The summed E-state index contributed by atoms with van der Waals surface area (Å²) in [6.45, 7) is 3.59. The molecule has 9 nitrogen and oxygen atoms in total. The number of nitrogens with one attached hydrogen (secondary N) is 1. The number of nitrogens with two attached hydrogens (primary N) is 1. The minimum atomic E-state index is -0.971. The van der Waals surface area contributed by atoms with Gasteiger partial charge in [-0.05, 0) is 68.1 Å². The molecule has 0 saturated heterocycles. The van der Waals surface area contributed by atoms with Crippen LogP contribution in [0.25, 0.3) is 5.69 Å². The Balaban J connectivity index is 1.67. The van der Waals surface area contributed by atoms with Gasteiger partial charge < -0.3 is 15.8 Å². The summed E-state index contributed by atoms with van der Waals surface area (Å²) in [5, 5.41) is 11.6. The van der Waals surface area contributed by atoms with Gasteiger partial charge in [0.15, 0.2) is 11.3 Å². The molecule has 1 aromatic heterocycles. The summed E-state index contributed by atoms with van der Waals surface area (Å²) < 4.78 is 7.30. The number of aryl methyl sites for hydroxylation is 1. The first-order chi connectivity index (χ1) is 15.3. The third kappa shape index (κ3) is 5.14. The van der Waals surface area contributed by atoms with Gasteiger partial charge in [-0.25, -0.2) is 4.79 Å². The van der Waals surface area contributed by atoms with Gasteiger partial charge in [-0.3, -0.25) is 14.2 Å². The molecule has 0 spiro atoms. The van der Waals surface area contributed by atoms with Crippen LogP contribution in [0.5, 0.6) is 0 Å². The topological polar surface area (TPSA) is 129 Å². The number of ether oxygens (including phenoxy) is 1. The minimum Gasteiger partial charge on any atom is -0.449 e. The van der Waals surface area contributed by atoms with E-state index in [1.165, 1.54) is 23.9 Å². The number of rotatable bonds is 8. The van der Waals surface area contributed by atoms with Gasteiger partial charge in [-0.1, -0.05) is 18.7 Å². The maximum atomic E-state index is 12.6. The monoisotopic (exact) mass is 453 g/mol. The van der Waals surface area contributed by atoms with Crippen LogP contribution < -0.4 is 11.1 Å². The van der Waals surface area contributed by atoms with E-state index in [4.69, 9.17) is 10.5 Å². The van der Waals surface area contributed by atoms with E-state index in [1.807, 2.05) is 17.7 Å². The van der Waals surface area contributed by atoms with E-state index >= 15 is 0 Å². The normalized spacial score (nSPS) is 11.6. The number of anilines is 1. The second kappa shape index (κ2) is 10.1. The average molecular weight is 454 g/mol. The molecule has 0 radical (unpaired) electrons. The van der Waals surface area contributed by atoms with Crippen LogP contribution in [0.2, 0.25) is 0 Å². The van der Waals surface area contributed by atoms with Crippen molar-refractivity contribution >= 4 is 35.2 Å². The van der Waals surface area contributed by atoms with E-state index < -0.39 is 23.9 Å². The zero-order valence-electron chi connectivity index (χ0n) is 17.9. The molecule has 32 heavy (non-hydrogen) atoms. The van der Waals surface area contributed by atoms with Crippen molar-refractivity contribution in [1.29, 1.82) is 0 Å². The molecule has 2 aromatic carbocycles. The van der Waals surface area contributed by atoms with Gasteiger partial charge in [0, 0.05) is 16.9 Å². The van der Waals surface area contributed by atoms with Crippen LogP contribution in [-0.4, -0.2) is 44.9 Å². The lowest BCUT2D eigenvalue weighted by Gasteiger charge is -2.16. The number of nitrogens with zero attached hydrogens (tertiary/aromatic N) is 3. The Bertz CT molecular complexity index is 1130. The van der Waals surface area contributed by atoms with E-state index in [0.717, 1.165) is 16.7 Å². The van der Waals surface area contributed by atoms with Crippen molar-refractivity contribution in [3.8, 4) is 5.69 Å². The van der Waals surface area contributed by atoms with Crippen molar-refractivity contribution in [1.82, 2.24) is 14.8 Å². The highest BCUT2D eigenvalue weighted by Gasteiger charge is 2.22. The molecule has 0 fully saturated rings. The summed E-state index contributed by atoms with van der Waals surface area (Å²) in [6, 6.07) is 12.9. The zero-order chi connectivity index (χ0) is 23.3. The fourth-order valence-corrected chi connectivity index (χ4v) is 3.52. The number of hydrogen-bond acceptors (Lipinski definition) is 7. The largest absolute Gasteiger partial charge is 0.449 e. The predicted molar refractivity (Wildman–Crippen MR) is 121 cm³/mol. The van der Waals surface area contributed by atoms with Crippen LogP contribution in [0.15, 0.2) is 53.7 Å². The zero-order valence-corrected chi connectivity index (χ0v) is 18.7.